The van der Waals surface area contributed by atoms with Gasteiger partial charge in [-0.2, -0.15) is 0 Å². The average Bonchev–Trinajstić information content (AvgIpc) is 3.38. The lowest BCUT2D eigenvalue weighted by Gasteiger charge is -2.32. The third-order valence-electron chi connectivity index (χ3n) is 6.84. The molecule has 2 aliphatic rings. The largest absolute Gasteiger partial charge is 0.486 e. The molecule has 1 heterocycles. The van der Waals surface area contributed by atoms with E-state index in [-0.39, 0.29) is 18.5 Å². The van der Waals surface area contributed by atoms with Crippen LogP contribution in [0.5, 0.6) is 11.5 Å². The first-order valence-corrected chi connectivity index (χ1v) is 14.5. The molecule has 0 aromatic heterocycles. The van der Waals surface area contributed by atoms with Crippen molar-refractivity contribution in [1.29, 1.82) is 0 Å². The lowest BCUT2D eigenvalue weighted by Crippen LogP contribution is -2.52. The number of carbonyl (C=O) groups excluding carboxylic acids is 2. The lowest BCUT2D eigenvalue weighted by atomic mass is 10.1. The zero-order valence-corrected chi connectivity index (χ0v) is 22.4. The molecule has 1 aliphatic heterocycles. The van der Waals surface area contributed by atoms with Crippen molar-refractivity contribution in [3.63, 3.8) is 0 Å². The zero-order valence-electron chi connectivity index (χ0n) is 21.6. The van der Waals surface area contributed by atoms with Gasteiger partial charge in [0, 0.05) is 18.7 Å². The predicted molar refractivity (Wildman–Crippen MR) is 141 cm³/mol. The number of rotatable bonds is 9. The van der Waals surface area contributed by atoms with Gasteiger partial charge in [0.2, 0.25) is 21.8 Å². The number of nitrogens with zero attached hydrogens (tertiary/aromatic N) is 2. The van der Waals surface area contributed by atoms with Crippen LogP contribution in [0.25, 0.3) is 0 Å². The fourth-order valence-electron chi connectivity index (χ4n) is 4.67. The van der Waals surface area contributed by atoms with E-state index in [4.69, 9.17) is 9.47 Å². The maximum absolute atomic E-state index is 13.7. The Morgan fingerprint density at radius 3 is 2.32 bits per heavy atom. The molecule has 2 aromatic carbocycles. The molecule has 0 unspecified atom stereocenters. The molecule has 1 fully saturated rings. The van der Waals surface area contributed by atoms with Crippen LogP contribution < -0.4 is 19.1 Å². The number of ether oxygens (including phenoxy) is 2. The van der Waals surface area contributed by atoms with E-state index < -0.39 is 28.5 Å². The summed E-state index contributed by atoms with van der Waals surface area (Å²) in [5.74, 6) is 0.228. The van der Waals surface area contributed by atoms with Crippen LogP contribution in [0.15, 0.2) is 42.5 Å². The molecule has 1 N–H and O–H groups in total. The minimum atomic E-state index is -3.83. The number of fused-ring (bicyclic) bond motifs is 1. The summed E-state index contributed by atoms with van der Waals surface area (Å²) in [4.78, 5) is 28.3. The highest BCUT2D eigenvalue weighted by molar-refractivity contribution is 7.92. The molecule has 1 atom stereocenters. The molecule has 0 bridgehead atoms. The first-order chi connectivity index (χ1) is 17.6. The van der Waals surface area contributed by atoms with Gasteiger partial charge in [-0.05, 0) is 44.4 Å². The molecular weight excluding hydrogens is 494 g/mol. The fraction of sp³-hybridized carbons (Fsp3) is 0.481. The molecule has 4 rings (SSSR count). The molecule has 37 heavy (non-hydrogen) atoms. The van der Waals surface area contributed by atoms with Gasteiger partial charge in [0.1, 0.15) is 25.8 Å². The Hall–Kier alpha value is -3.27. The van der Waals surface area contributed by atoms with Crippen LogP contribution in [-0.4, -0.2) is 63.2 Å². The third kappa shape index (κ3) is 6.74. The van der Waals surface area contributed by atoms with Crippen LogP contribution in [0, 0.1) is 6.92 Å². The lowest BCUT2D eigenvalue weighted by molar-refractivity contribution is -0.139. The maximum Gasteiger partial charge on any atom is 0.244 e. The Morgan fingerprint density at radius 1 is 1.03 bits per heavy atom. The molecular formula is C27H35N3O6S. The normalized spacial score (nSPS) is 16.2. The van der Waals surface area contributed by atoms with Crippen molar-refractivity contribution in [2.75, 3.05) is 30.3 Å². The Bertz CT molecular complexity index is 1230. The van der Waals surface area contributed by atoms with E-state index in [2.05, 4.69) is 5.32 Å². The average molecular weight is 530 g/mol. The van der Waals surface area contributed by atoms with Gasteiger partial charge in [-0.3, -0.25) is 13.9 Å². The van der Waals surface area contributed by atoms with Crippen molar-refractivity contribution in [3.05, 3.63) is 53.6 Å². The van der Waals surface area contributed by atoms with Gasteiger partial charge in [-0.25, -0.2) is 8.42 Å². The number of amides is 2. The molecule has 2 amide bonds. The van der Waals surface area contributed by atoms with E-state index >= 15 is 0 Å². The summed E-state index contributed by atoms with van der Waals surface area (Å²) < 4.78 is 37.8. The summed E-state index contributed by atoms with van der Waals surface area (Å²) in [7, 11) is -3.83. The summed E-state index contributed by atoms with van der Waals surface area (Å²) >= 11 is 0. The van der Waals surface area contributed by atoms with Crippen LogP contribution >= 0.6 is 0 Å². The van der Waals surface area contributed by atoms with Crippen molar-refractivity contribution in [2.24, 2.45) is 0 Å². The van der Waals surface area contributed by atoms with Gasteiger partial charge in [0.05, 0.1) is 11.9 Å². The fourth-order valence-corrected chi connectivity index (χ4v) is 5.51. The van der Waals surface area contributed by atoms with E-state index in [1.165, 1.54) is 4.90 Å². The standard InChI is InChI=1S/C27H35N3O6S/c1-19-8-10-21(11-9-19)17-29(20(2)27(32)28-22-6-4-5-7-22)26(31)18-30(37(3,33)34)23-12-13-24-25(16-23)36-15-14-35-24/h8-13,16,20,22H,4-7,14-15,17-18H2,1-3H3,(H,28,32)/t20-/m0/s1. The monoisotopic (exact) mass is 529 g/mol. The number of sulfonamides is 1. The Labute approximate surface area is 218 Å². The first kappa shape index (κ1) is 26.8. The first-order valence-electron chi connectivity index (χ1n) is 12.6. The Balaban J connectivity index is 1.59. The van der Waals surface area contributed by atoms with Crippen molar-refractivity contribution in [1.82, 2.24) is 10.2 Å². The number of anilines is 1. The van der Waals surface area contributed by atoms with E-state index in [1.54, 1.807) is 25.1 Å². The second-order valence-electron chi connectivity index (χ2n) is 9.77. The highest BCUT2D eigenvalue weighted by Gasteiger charge is 2.31. The van der Waals surface area contributed by atoms with Crippen LogP contribution in [0.4, 0.5) is 5.69 Å². The number of aryl methyl sites for hydroxylation is 1. The van der Waals surface area contributed by atoms with Gasteiger partial charge in [0.25, 0.3) is 0 Å². The van der Waals surface area contributed by atoms with E-state index in [1.807, 2.05) is 31.2 Å². The quantitative estimate of drug-likeness (QED) is 0.536. The topological polar surface area (TPSA) is 105 Å². The number of nitrogens with one attached hydrogen (secondary N) is 1. The van der Waals surface area contributed by atoms with Crippen molar-refractivity contribution in [3.8, 4) is 11.5 Å². The minimum Gasteiger partial charge on any atom is -0.486 e. The number of benzene rings is 2. The molecule has 10 heteroatoms. The number of hydrogen-bond acceptors (Lipinski definition) is 6. The maximum atomic E-state index is 13.7. The highest BCUT2D eigenvalue weighted by Crippen LogP contribution is 2.34. The highest BCUT2D eigenvalue weighted by atomic mass is 32.2. The summed E-state index contributed by atoms with van der Waals surface area (Å²) in [6, 6.07) is 11.8. The number of hydrogen-bond donors (Lipinski definition) is 1. The second-order valence-corrected chi connectivity index (χ2v) is 11.7. The van der Waals surface area contributed by atoms with E-state index in [0.29, 0.717) is 30.4 Å². The van der Waals surface area contributed by atoms with Crippen molar-refractivity contribution >= 4 is 27.5 Å². The van der Waals surface area contributed by atoms with Crippen molar-refractivity contribution < 1.29 is 27.5 Å². The minimum absolute atomic E-state index is 0.108. The molecule has 2 aromatic rings. The van der Waals surface area contributed by atoms with Crippen LogP contribution in [0.1, 0.15) is 43.7 Å². The zero-order chi connectivity index (χ0) is 26.6. The number of carbonyl (C=O) groups is 2. The third-order valence-corrected chi connectivity index (χ3v) is 7.98. The predicted octanol–water partition coefficient (Wildman–Crippen LogP) is 3.01. The molecule has 9 nitrogen and oxygen atoms in total. The van der Waals surface area contributed by atoms with E-state index in [9.17, 15) is 18.0 Å². The molecule has 0 spiro atoms. The van der Waals surface area contributed by atoms with Crippen LogP contribution in [0.2, 0.25) is 0 Å². The molecule has 1 saturated carbocycles. The molecule has 0 saturated heterocycles. The van der Waals surface area contributed by atoms with Crippen LogP contribution in [0.3, 0.4) is 0 Å². The van der Waals surface area contributed by atoms with Crippen molar-refractivity contribution in [2.45, 2.75) is 58.2 Å². The van der Waals surface area contributed by atoms with Gasteiger partial charge in [-0.1, -0.05) is 42.7 Å². The van der Waals surface area contributed by atoms with Gasteiger partial charge < -0.3 is 19.7 Å². The molecule has 200 valence electrons. The Kier molecular flexibility index (Phi) is 8.26. The van der Waals surface area contributed by atoms with E-state index in [0.717, 1.165) is 47.4 Å². The SMILES string of the molecule is Cc1ccc(CN(C(=O)CN(c2ccc3c(c2)OCCO3)S(C)(=O)=O)[C@@H](C)C(=O)NC2CCCC2)cc1. The van der Waals surface area contributed by atoms with Gasteiger partial charge >= 0.3 is 0 Å². The summed E-state index contributed by atoms with van der Waals surface area (Å²) in [5, 5.41) is 3.06. The van der Waals surface area contributed by atoms with Gasteiger partial charge in [0.15, 0.2) is 11.5 Å². The van der Waals surface area contributed by atoms with Crippen LogP contribution in [-0.2, 0) is 26.2 Å². The van der Waals surface area contributed by atoms with Gasteiger partial charge in [-0.15, -0.1) is 0 Å². The second kappa shape index (κ2) is 11.4. The summed E-state index contributed by atoms with van der Waals surface area (Å²) in [5.41, 5.74) is 2.22. The Morgan fingerprint density at radius 2 is 1.68 bits per heavy atom. The summed E-state index contributed by atoms with van der Waals surface area (Å²) in [6.07, 6.45) is 5.05. The smallest absolute Gasteiger partial charge is 0.244 e. The molecule has 0 radical (unpaired) electrons. The summed E-state index contributed by atoms with van der Waals surface area (Å²) in [6.45, 7) is 4.15. The molecule has 1 aliphatic carbocycles.